The number of para-hydroxylation sites is 1. The van der Waals surface area contributed by atoms with Crippen LogP contribution in [-0.4, -0.2) is 9.97 Å². The molecule has 0 bridgehead atoms. The van der Waals surface area contributed by atoms with E-state index in [0.29, 0.717) is 5.82 Å². The van der Waals surface area contributed by atoms with E-state index in [1.165, 1.54) is 38.9 Å². The second-order valence-corrected chi connectivity index (χ2v) is 16.0. The number of hydrogen-bond donors (Lipinski definition) is 0. The van der Waals surface area contributed by atoms with Crippen LogP contribution >= 0.6 is 0 Å². The number of nitrogens with zero attached hydrogens (tertiary/aromatic N) is 2. The van der Waals surface area contributed by atoms with E-state index in [1.54, 1.807) is 0 Å². The molecule has 62 heavy (non-hydrogen) atoms. The molecule has 0 saturated heterocycles. The highest BCUT2D eigenvalue weighted by molar-refractivity contribution is 6.06. The van der Waals surface area contributed by atoms with Crippen LogP contribution in [-0.2, 0) is 5.41 Å². The van der Waals surface area contributed by atoms with Crippen LogP contribution in [0.1, 0.15) is 22.3 Å². The Bertz CT molecular complexity index is 3400. The summed E-state index contributed by atoms with van der Waals surface area (Å²) in [4.78, 5) is 10.6. The second-order valence-electron chi connectivity index (χ2n) is 16.0. The SMILES string of the molecule is c1ccc(-c2nc(-c3ccc(-c4ccc5oc6ccccc6c5c4)cc3)cc(-c3ccccc3-c3cccc4c3C(c3ccccc3)(c3ccccc3)c3ccccc3-4)n2)cc1. The van der Waals surface area contributed by atoms with Crippen LogP contribution in [0, 0.1) is 0 Å². The number of aromatic nitrogens is 2. The average molecular weight is 791 g/mol. The van der Waals surface area contributed by atoms with Crippen LogP contribution in [0.2, 0.25) is 0 Å². The number of hydrogen-bond acceptors (Lipinski definition) is 3. The van der Waals surface area contributed by atoms with Gasteiger partial charge in [-0.2, -0.15) is 0 Å². The highest BCUT2D eigenvalue weighted by Crippen LogP contribution is 2.59. The van der Waals surface area contributed by atoms with Crippen molar-refractivity contribution in [2.24, 2.45) is 0 Å². The molecule has 1 aliphatic carbocycles. The van der Waals surface area contributed by atoms with Gasteiger partial charge in [0, 0.05) is 27.5 Å². The molecule has 3 heteroatoms. The minimum atomic E-state index is -0.554. The molecule has 0 atom stereocenters. The van der Waals surface area contributed by atoms with Crippen LogP contribution in [0.15, 0.2) is 235 Å². The van der Waals surface area contributed by atoms with Gasteiger partial charge in [0.1, 0.15) is 11.2 Å². The third kappa shape index (κ3) is 5.67. The number of benzene rings is 9. The normalized spacial score (nSPS) is 12.6. The Kier molecular flexibility index (Phi) is 8.39. The lowest BCUT2D eigenvalue weighted by atomic mass is 9.66. The van der Waals surface area contributed by atoms with Crippen molar-refractivity contribution in [1.82, 2.24) is 9.97 Å². The van der Waals surface area contributed by atoms with E-state index < -0.39 is 5.41 Å². The van der Waals surface area contributed by atoms with Gasteiger partial charge >= 0.3 is 0 Å². The summed E-state index contributed by atoms with van der Waals surface area (Å²) in [6, 6.07) is 82.3. The van der Waals surface area contributed by atoms with E-state index in [9.17, 15) is 0 Å². The first-order chi connectivity index (χ1) is 30.7. The lowest BCUT2D eigenvalue weighted by Crippen LogP contribution is -2.29. The molecule has 2 heterocycles. The van der Waals surface area contributed by atoms with E-state index in [1.807, 2.05) is 30.3 Å². The maximum absolute atomic E-state index is 6.13. The molecule has 9 aromatic carbocycles. The summed E-state index contributed by atoms with van der Waals surface area (Å²) in [6.45, 7) is 0. The van der Waals surface area contributed by atoms with Crippen LogP contribution in [0.25, 0.3) is 89.2 Å². The van der Waals surface area contributed by atoms with Crippen molar-refractivity contribution < 1.29 is 4.42 Å². The molecule has 290 valence electrons. The quantitative estimate of drug-likeness (QED) is 0.161. The molecule has 0 saturated carbocycles. The van der Waals surface area contributed by atoms with Gasteiger partial charge in [0.2, 0.25) is 0 Å². The third-order valence-electron chi connectivity index (χ3n) is 12.6. The van der Waals surface area contributed by atoms with Gasteiger partial charge in [-0.05, 0) is 79.9 Å². The third-order valence-corrected chi connectivity index (χ3v) is 12.6. The van der Waals surface area contributed by atoms with Crippen molar-refractivity contribution in [3.05, 3.63) is 253 Å². The fraction of sp³-hybridized carbons (Fsp3) is 0.0169. The highest BCUT2D eigenvalue weighted by atomic mass is 16.3. The van der Waals surface area contributed by atoms with Crippen molar-refractivity contribution in [3.63, 3.8) is 0 Å². The Labute approximate surface area is 360 Å². The second kappa shape index (κ2) is 14.5. The fourth-order valence-corrected chi connectivity index (χ4v) is 9.86. The minimum absolute atomic E-state index is 0.554. The average Bonchev–Trinajstić information content (AvgIpc) is 3.88. The van der Waals surface area contributed by atoms with E-state index >= 15 is 0 Å². The molecule has 0 aliphatic heterocycles. The Morgan fingerprint density at radius 2 is 0.855 bits per heavy atom. The fourth-order valence-electron chi connectivity index (χ4n) is 9.86. The monoisotopic (exact) mass is 790 g/mol. The first-order valence-corrected chi connectivity index (χ1v) is 21.1. The maximum atomic E-state index is 6.13. The molecular formula is C59H38N2O. The molecule has 12 rings (SSSR count). The Morgan fingerprint density at radius 1 is 0.323 bits per heavy atom. The van der Waals surface area contributed by atoms with Gasteiger partial charge in [0.15, 0.2) is 5.82 Å². The number of fused-ring (bicyclic) bond motifs is 6. The predicted octanol–water partition coefficient (Wildman–Crippen LogP) is 15.1. The zero-order chi connectivity index (χ0) is 41.0. The summed E-state index contributed by atoms with van der Waals surface area (Å²) in [5, 5.41) is 2.24. The summed E-state index contributed by atoms with van der Waals surface area (Å²) in [5.74, 6) is 0.683. The molecule has 0 amide bonds. The molecule has 0 spiro atoms. The van der Waals surface area contributed by atoms with E-state index in [4.69, 9.17) is 14.4 Å². The van der Waals surface area contributed by atoms with Gasteiger partial charge in [-0.15, -0.1) is 0 Å². The molecular weight excluding hydrogens is 753 g/mol. The van der Waals surface area contributed by atoms with Crippen molar-refractivity contribution in [2.45, 2.75) is 5.41 Å². The summed E-state index contributed by atoms with van der Waals surface area (Å²) in [6.07, 6.45) is 0. The van der Waals surface area contributed by atoms with E-state index in [0.717, 1.165) is 66.7 Å². The number of furan rings is 1. The Morgan fingerprint density at radius 3 is 1.60 bits per heavy atom. The van der Waals surface area contributed by atoms with Gasteiger partial charge < -0.3 is 4.42 Å². The van der Waals surface area contributed by atoms with Gasteiger partial charge in [-0.25, -0.2) is 9.97 Å². The number of rotatable bonds is 7. The van der Waals surface area contributed by atoms with Crippen LogP contribution < -0.4 is 0 Å². The van der Waals surface area contributed by atoms with Crippen molar-refractivity contribution in [3.8, 4) is 67.3 Å². The molecule has 0 radical (unpaired) electrons. The van der Waals surface area contributed by atoms with Gasteiger partial charge in [-0.1, -0.05) is 206 Å². The van der Waals surface area contributed by atoms with Gasteiger partial charge in [0.05, 0.1) is 16.8 Å². The van der Waals surface area contributed by atoms with Crippen molar-refractivity contribution in [2.75, 3.05) is 0 Å². The first-order valence-electron chi connectivity index (χ1n) is 21.1. The van der Waals surface area contributed by atoms with Gasteiger partial charge in [0.25, 0.3) is 0 Å². The molecule has 0 unspecified atom stereocenters. The zero-order valence-corrected chi connectivity index (χ0v) is 33.7. The van der Waals surface area contributed by atoms with E-state index in [-0.39, 0.29) is 0 Å². The standard InChI is InChI=1S/C59H38N2O/c1-4-17-41(18-5-1)58-60-53(40-33-31-39(32-34-40)42-35-36-56-51(37-42)48-26-13-15-30-55(48)62-56)38-54(61-58)47-25-11-10-23-45(47)49-27-16-28-50-46-24-12-14-29-52(46)59(57(49)50,43-19-6-2-7-20-43)44-21-8-3-9-22-44/h1-38H. The van der Waals surface area contributed by atoms with Crippen LogP contribution in [0.3, 0.4) is 0 Å². The maximum Gasteiger partial charge on any atom is 0.160 e. The minimum Gasteiger partial charge on any atom is -0.456 e. The molecule has 11 aromatic rings. The first kappa shape index (κ1) is 35.8. The summed E-state index contributed by atoms with van der Waals surface area (Å²) in [7, 11) is 0. The molecule has 2 aromatic heterocycles. The van der Waals surface area contributed by atoms with Crippen molar-refractivity contribution in [1.29, 1.82) is 0 Å². The topological polar surface area (TPSA) is 38.9 Å². The zero-order valence-electron chi connectivity index (χ0n) is 33.7. The smallest absolute Gasteiger partial charge is 0.160 e. The Hall–Kier alpha value is -8.14. The molecule has 0 N–H and O–H groups in total. The summed E-state index contributed by atoms with van der Waals surface area (Å²) in [5.41, 5.74) is 18.1. The molecule has 3 nitrogen and oxygen atoms in total. The molecule has 0 fully saturated rings. The van der Waals surface area contributed by atoms with Crippen molar-refractivity contribution >= 4 is 21.9 Å². The largest absolute Gasteiger partial charge is 0.456 e. The highest BCUT2D eigenvalue weighted by Gasteiger charge is 2.47. The summed E-state index contributed by atoms with van der Waals surface area (Å²) >= 11 is 0. The van der Waals surface area contributed by atoms with Crippen LogP contribution in [0.4, 0.5) is 0 Å². The lowest BCUT2D eigenvalue weighted by Gasteiger charge is -2.35. The molecule has 1 aliphatic rings. The predicted molar refractivity (Wildman–Crippen MR) is 254 cm³/mol. The Balaban J connectivity index is 1.03. The van der Waals surface area contributed by atoms with Gasteiger partial charge in [-0.3, -0.25) is 0 Å². The van der Waals surface area contributed by atoms with E-state index in [2.05, 4.69) is 200 Å². The lowest BCUT2D eigenvalue weighted by molar-refractivity contribution is 0.669. The summed E-state index contributed by atoms with van der Waals surface area (Å²) < 4.78 is 6.13. The van der Waals surface area contributed by atoms with Crippen LogP contribution in [0.5, 0.6) is 0 Å².